The summed E-state index contributed by atoms with van der Waals surface area (Å²) in [7, 11) is 1.62. The van der Waals surface area contributed by atoms with Crippen molar-refractivity contribution in [2.24, 2.45) is 10.8 Å². The number of hydrogen-bond acceptors (Lipinski definition) is 4. The van der Waals surface area contributed by atoms with E-state index in [4.69, 9.17) is 14.9 Å². The molecule has 0 spiro atoms. The van der Waals surface area contributed by atoms with Crippen molar-refractivity contribution < 1.29 is 13.9 Å². The Labute approximate surface area is 115 Å². The van der Waals surface area contributed by atoms with E-state index in [1.807, 2.05) is 18.2 Å². The summed E-state index contributed by atoms with van der Waals surface area (Å²) in [6.45, 7) is 0. The molecule has 20 heavy (non-hydrogen) atoms. The van der Waals surface area contributed by atoms with Crippen LogP contribution in [0.2, 0.25) is 0 Å². The molecule has 2 amide bonds. The van der Waals surface area contributed by atoms with Crippen LogP contribution in [0.1, 0.15) is 24.2 Å². The number of nitrogens with two attached hydrogens (primary N) is 1. The van der Waals surface area contributed by atoms with Gasteiger partial charge in [-0.25, -0.2) is 10.2 Å². The lowest BCUT2D eigenvalue weighted by atomic mass is 9.94. The van der Waals surface area contributed by atoms with E-state index in [9.17, 15) is 4.79 Å². The first-order valence-electron chi connectivity index (χ1n) is 6.41. The number of hydrogen-bond donors (Lipinski definition) is 2. The Morgan fingerprint density at radius 2 is 2.30 bits per heavy atom. The number of nitrogens with one attached hydrogen (secondary N) is 1. The van der Waals surface area contributed by atoms with E-state index in [-0.39, 0.29) is 0 Å². The molecule has 1 aliphatic carbocycles. The van der Waals surface area contributed by atoms with Crippen LogP contribution < -0.4 is 15.9 Å². The molecule has 104 valence electrons. The maximum Gasteiger partial charge on any atom is 0.332 e. The van der Waals surface area contributed by atoms with Crippen molar-refractivity contribution in [3.05, 3.63) is 29.5 Å². The van der Waals surface area contributed by atoms with Gasteiger partial charge in [-0.1, -0.05) is 0 Å². The van der Waals surface area contributed by atoms with Gasteiger partial charge in [0.2, 0.25) is 0 Å². The van der Waals surface area contributed by atoms with Crippen molar-refractivity contribution in [2.75, 3.05) is 7.11 Å². The molecule has 0 aliphatic heterocycles. The summed E-state index contributed by atoms with van der Waals surface area (Å²) in [5, 5.41) is 5.09. The van der Waals surface area contributed by atoms with E-state index in [0.717, 1.165) is 53.0 Å². The number of ether oxygens (including phenoxy) is 1. The number of carbonyl (C=O) groups excluding carboxylic acids is 1. The molecule has 2 aromatic rings. The van der Waals surface area contributed by atoms with Gasteiger partial charge in [0.1, 0.15) is 17.0 Å². The number of methoxy groups -OCH3 is 1. The van der Waals surface area contributed by atoms with Crippen LogP contribution >= 0.6 is 0 Å². The molecule has 1 aromatic heterocycles. The summed E-state index contributed by atoms with van der Waals surface area (Å²) in [6, 6.07) is 5.07. The lowest BCUT2D eigenvalue weighted by Gasteiger charge is -2.12. The van der Waals surface area contributed by atoms with Crippen LogP contribution in [-0.4, -0.2) is 18.9 Å². The third-order valence-electron chi connectivity index (χ3n) is 3.40. The van der Waals surface area contributed by atoms with Gasteiger partial charge in [0.25, 0.3) is 0 Å². The zero-order valence-corrected chi connectivity index (χ0v) is 11.1. The Balaban J connectivity index is 2.09. The molecule has 0 saturated heterocycles. The van der Waals surface area contributed by atoms with Crippen LogP contribution in [0.4, 0.5) is 4.79 Å². The first-order chi connectivity index (χ1) is 9.69. The molecule has 0 atom stereocenters. The second-order valence-electron chi connectivity index (χ2n) is 4.66. The molecule has 1 aromatic carbocycles. The first kappa shape index (κ1) is 12.5. The largest absolute Gasteiger partial charge is 0.497 e. The number of rotatable bonds is 2. The van der Waals surface area contributed by atoms with Gasteiger partial charge < -0.3 is 14.9 Å². The van der Waals surface area contributed by atoms with Gasteiger partial charge in [-0.05, 0) is 31.4 Å². The van der Waals surface area contributed by atoms with Gasteiger partial charge in [0, 0.05) is 17.0 Å². The topological polar surface area (TPSA) is 89.8 Å². The normalized spacial score (nSPS) is 16.1. The summed E-state index contributed by atoms with van der Waals surface area (Å²) >= 11 is 0. The number of nitrogens with zero attached hydrogens (tertiary/aromatic N) is 1. The summed E-state index contributed by atoms with van der Waals surface area (Å²) in [4.78, 5) is 10.8. The fraction of sp³-hybridized carbons (Fsp3) is 0.286. The van der Waals surface area contributed by atoms with Gasteiger partial charge in [-0.2, -0.15) is 5.10 Å². The highest BCUT2D eigenvalue weighted by molar-refractivity contribution is 6.05. The number of carbonyl (C=O) groups is 1. The standard InChI is InChI=1S/C14H15N3O3/c1-19-8-5-6-9-10-3-2-4-11(16-17-14(15)18)13(10)20-12(9)7-8/h5-7H,2-4H2,1H3,(H3,15,17,18). The summed E-state index contributed by atoms with van der Waals surface area (Å²) in [6.07, 6.45) is 2.65. The highest BCUT2D eigenvalue weighted by Crippen LogP contribution is 2.33. The maximum atomic E-state index is 10.8. The van der Waals surface area contributed by atoms with Crippen LogP contribution in [0.5, 0.6) is 5.75 Å². The predicted molar refractivity (Wildman–Crippen MR) is 75.0 cm³/mol. The minimum Gasteiger partial charge on any atom is -0.497 e. The molecular weight excluding hydrogens is 258 g/mol. The van der Waals surface area contributed by atoms with Gasteiger partial charge in [-0.3, -0.25) is 0 Å². The van der Waals surface area contributed by atoms with Gasteiger partial charge in [0.15, 0.2) is 5.76 Å². The Morgan fingerprint density at radius 1 is 1.45 bits per heavy atom. The van der Waals surface area contributed by atoms with Crippen molar-refractivity contribution in [3.63, 3.8) is 0 Å². The van der Waals surface area contributed by atoms with Crippen LogP contribution in [0, 0.1) is 0 Å². The van der Waals surface area contributed by atoms with Crippen molar-refractivity contribution in [3.8, 4) is 5.75 Å². The highest BCUT2D eigenvalue weighted by atomic mass is 16.5. The molecule has 3 rings (SSSR count). The van der Waals surface area contributed by atoms with E-state index < -0.39 is 6.03 Å². The van der Waals surface area contributed by atoms with E-state index in [1.54, 1.807) is 7.11 Å². The third kappa shape index (κ3) is 2.09. The number of furan rings is 1. The quantitative estimate of drug-likeness (QED) is 0.821. The van der Waals surface area contributed by atoms with Gasteiger partial charge in [-0.15, -0.1) is 0 Å². The summed E-state index contributed by atoms with van der Waals surface area (Å²) in [5.41, 5.74) is 9.92. The minimum absolute atomic E-state index is 0.678. The number of aryl methyl sites for hydroxylation is 1. The fourth-order valence-electron chi connectivity index (χ4n) is 2.51. The predicted octanol–water partition coefficient (Wildman–Crippen LogP) is 2.15. The van der Waals surface area contributed by atoms with Crippen molar-refractivity contribution in [2.45, 2.75) is 19.3 Å². The third-order valence-corrected chi connectivity index (χ3v) is 3.40. The summed E-state index contributed by atoms with van der Waals surface area (Å²) < 4.78 is 11.1. The van der Waals surface area contributed by atoms with Crippen molar-refractivity contribution in [1.29, 1.82) is 0 Å². The number of benzene rings is 1. The number of urea groups is 1. The average molecular weight is 273 g/mol. The van der Waals surface area contributed by atoms with Crippen molar-refractivity contribution >= 4 is 22.7 Å². The van der Waals surface area contributed by atoms with Crippen molar-refractivity contribution in [1.82, 2.24) is 5.43 Å². The van der Waals surface area contributed by atoms with Crippen LogP contribution in [0.15, 0.2) is 27.7 Å². The minimum atomic E-state index is -0.678. The average Bonchev–Trinajstić information content (AvgIpc) is 2.83. The number of amides is 2. The zero-order valence-electron chi connectivity index (χ0n) is 11.1. The monoisotopic (exact) mass is 273 g/mol. The maximum absolute atomic E-state index is 10.8. The molecule has 1 aliphatic rings. The molecule has 0 unspecified atom stereocenters. The molecule has 1 heterocycles. The first-order valence-corrected chi connectivity index (χ1v) is 6.41. The Bertz CT molecular complexity index is 703. The lowest BCUT2D eigenvalue weighted by Crippen LogP contribution is -2.26. The van der Waals surface area contributed by atoms with Crippen LogP contribution in [0.25, 0.3) is 11.0 Å². The Hall–Kier alpha value is -2.50. The number of hydrazone groups is 1. The Morgan fingerprint density at radius 3 is 3.05 bits per heavy atom. The van der Waals surface area contributed by atoms with Crippen LogP contribution in [0.3, 0.4) is 0 Å². The van der Waals surface area contributed by atoms with E-state index in [1.165, 1.54) is 0 Å². The van der Waals surface area contributed by atoms with Crippen LogP contribution in [-0.2, 0) is 6.42 Å². The number of primary amides is 1. The SMILES string of the molecule is COc1ccc2c3c(oc2c1)C(=NNC(N)=O)CCC3. The molecule has 0 radical (unpaired) electrons. The highest BCUT2D eigenvalue weighted by Gasteiger charge is 2.23. The second-order valence-corrected chi connectivity index (χ2v) is 4.66. The molecule has 0 fully saturated rings. The molecular formula is C14H15N3O3. The van der Waals surface area contributed by atoms with E-state index in [2.05, 4.69) is 10.5 Å². The fourth-order valence-corrected chi connectivity index (χ4v) is 2.51. The molecule has 3 N–H and O–H groups in total. The molecule has 0 saturated carbocycles. The molecule has 6 heteroatoms. The van der Waals surface area contributed by atoms with E-state index >= 15 is 0 Å². The smallest absolute Gasteiger partial charge is 0.332 e. The molecule has 0 bridgehead atoms. The van der Waals surface area contributed by atoms with E-state index in [0.29, 0.717) is 0 Å². The number of fused-ring (bicyclic) bond motifs is 3. The Kier molecular flexibility index (Phi) is 3.06. The zero-order chi connectivity index (χ0) is 14.1. The lowest BCUT2D eigenvalue weighted by molar-refractivity contribution is 0.249. The second kappa shape index (κ2) is 4.88. The van der Waals surface area contributed by atoms with Gasteiger partial charge in [0.05, 0.1) is 7.11 Å². The molecule has 6 nitrogen and oxygen atoms in total. The van der Waals surface area contributed by atoms with Gasteiger partial charge >= 0.3 is 6.03 Å². The summed E-state index contributed by atoms with van der Waals surface area (Å²) in [5.74, 6) is 1.48.